The standard InChI is InChI=1S/C30H25ClN4O3/c1-19(2)25-14-13-24-29(34-25)32-18-33-30(24)35-26-16-21(28(31)36)8-15-27(26)38-23-11-9-22(10-12-23)37-17-20-6-4-3-5-7-20/h3-16,18-19H,17H2,1-2H3,(H,32,33,34,35). The number of carbonyl (C=O) groups excluding carboxylic acids is 1. The highest BCUT2D eigenvalue weighted by Gasteiger charge is 2.14. The van der Waals surface area contributed by atoms with Gasteiger partial charge in [0.15, 0.2) is 11.4 Å². The molecule has 0 amide bonds. The van der Waals surface area contributed by atoms with Gasteiger partial charge in [0.2, 0.25) is 0 Å². The number of hydrogen-bond donors (Lipinski definition) is 1. The van der Waals surface area contributed by atoms with Crippen molar-refractivity contribution in [1.82, 2.24) is 15.0 Å². The molecule has 0 bridgehead atoms. The van der Waals surface area contributed by atoms with Crippen LogP contribution in [0.3, 0.4) is 0 Å². The second-order valence-electron chi connectivity index (χ2n) is 8.94. The van der Waals surface area contributed by atoms with E-state index in [-0.39, 0.29) is 5.92 Å². The van der Waals surface area contributed by atoms with Crippen molar-refractivity contribution in [2.75, 3.05) is 5.32 Å². The van der Waals surface area contributed by atoms with Gasteiger partial charge in [0.1, 0.15) is 30.3 Å². The molecule has 0 unspecified atom stereocenters. The summed E-state index contributed by atoms with van der Waals surface area (Å²) in [6.07, 6.45) is 1.45. The van der Waals surface area contributed by atoms with Crippen LogP contribution in [0.15, 0.2) is 91.3 Å². The van der Waals surface area contributed by atoms with Crippen LogP contribution in [0.25, 0.3) is 11.0 Å². The Balaban J connectivity index is 1.39. The maximum absolute atomic E-state index is 11.9. The summed E-state index contributed by atoms with van der Waals surface area (Å²) in [4.78, 5) is 25.3. The molecule has 5 rings (SSSR count). The third kappa shape index (κ3) is 5.90. The second kappa shape index (κ2) is 11.3. The lowest BCUT2D eigenvalue weighted by atomic mass is 10.1. The molecule has 3 aromatic carbocycles. The van der Waals surface area contributed by atoms with E-state index in [4.69, 9.17) is 21.1 Å². The first kappa shape index (κ1) is 25.2. The Bertz CT molecular complexity index is 1570. The van der Waals surface area contributed by atoms with Gasteiger partial charge in [-0.3, -0.25) is 4.79 Å². The first-order valence-electron chi connectivity index (χ1n) is 12.1. The van der Waals surface area contributed by atoms with Gasteiger partial charge in [-0.1, -0.05) is 44.2 Å². The highest BCUT2D eigenvalue weighted by molar-refractivity contribution is 6.67. The minimum absolute atomic E-state index is 0.271. The van der Waals surface area contributed by atoms with Gasteiger partial charge in [-0.15, -0.1) is 0 Å². The van der Waals surface area contributed by atoms with Crippen LogP contribution >= 0.6 is 11.6 Å². The summed E-state index contributed by atoms with van der Waals surface area (Å²) in [6.45, 7) is 4.63. The van der Waals surface area contributed by atoms with Crippen LogP contribution in [0.4, 0.5) is 11.5 Å². The summed E-state index contributed by atoms with van der Waals surface area (Å²) < 4.78 is 12.0. The number of rotatable bonds is 9. The highest BCUT2D eigenvalue weighted by atomic mass is 35.5. The van der Waals surface area contributed by atoms with Crippen molar-refractivity contribution in [2.45, 2.75) is 26.4 Å². The smallest absolute Gasteiger partial charge is 0.252 e. The number of benzene rings is 3. The van der Waals surface area contributed by atoms with Crippen LogP contribution in [0, 0.1) is 0 Å². The molecule has 0 aliphatic rings. The summed E-state index contributed by atoms with van der Waals surface area (Å²) in [6, 6.07) is 26.1. The van der Waals surface area contributed by atoms with Crippen LogP contribution in [0.5, 0.6) is 17.2 Å². The molecule has 0 spiro atoms. The van der Waals surface area contributed by atoms with E-state index in [1.54, 1.807) is 18.2 Å². The maximum atomic E-state index is 11.9. The summed E-state index contributed by atoms with van der Waals surface area (Å²) in [5, 5.41) is 3.45. The molecule has 0 aliphatic heterocycles. The lowest BCUT2D eigenvalue weighted by Gasteiger charge is -2.15. The molecular formula is C30H25ClN4O3. The number of anilines is 2. The Morgan fingerprint density at radius 2 is 1.68 bits per heavy atom. The summed E-state index contributed by atoms with van der Waals surface area (Å²) in [5.41, 5.74) is 3.45. The number of pyridine rings is 1. The molecule has 0 saturated heterocycles. The molecule has 0 saturated carbocycles. The Labute approximate surface area is 225 Å². The Morgan fingerprint density at radius 1 is 0.921 bits per heavy atom. The van der Waals surface area contributed by atoms with Crippen LogP contribution in [0.1, 0.15) is 41.4 Å². The SMILES string of the molecule is CC(C)c1ccc2c(Nc3cc(C(=O)Cl)ccc3Oc3ccc(OCc4ccccc4)cc3)ncnc2n1. The van der Waals surface area contributed by atoms with Gasteiger partial charge in [-0.25, -0.2) is 15.0 Å². The van der Waals surface area contributed by atoms with Crippen molar-refractivity contribution in [1.29, 1.82) is 0 Å². The van der Waals surface area contributed by atoms with Crippen molar-refractivity contribution in [3.63, 3.8) is 0 Å². The summed E-state index contributed by atoms with van der Waals surface area (Å²) >= 11 is 5.77. The number of nitrogens with zero attached hydrogens (tertiary/aromatic N) is 3. The third-order valence-corrected chi connectivity index (χ3v) is 6.09. The Morgan fingerprint density at radius 3 is 2.42 bits per heavy atom. The molecular weight excluding hydrogens is 500 g/mol. The second-order valence-corrected chi connectivity index (χ2v) is 9.28. The fraction of sp³-hybridized carbons (Fsp3) is 0.133. The summed E-state index contributed by atoms with van der Waals surface area (Å²) in [5.74, 6) is 2.62. The number of fused-ring (bicyclic) bond motifs is 1. The largest absolute Gasteiger partial charge is 0.489 e. The normalized spacial score (nSPS) is 10.9. The Kier molecular flexibility index (Phi) is 7.47. The van der Waals surface area contributed by atoms with E-state index >= 15 is 0 Å². The average molecular weight is 525 g/mol. The van der Waals surface area contributed by atoms with E-state index in [1.165, 1.54) is 6.33 Å². The monoisotopic (exact) mass is 524 g/mol. The molecule has 0 fully saturated rings. The van der Waals surface area contributed by atoms with Gasteiger partial charge >= 0.3 is 0 Å². The zero-order valence-corrected chi connectivity index (χ0v) is 21.6. The molecule has 0 atom stereocenters. The molecule has 190 valence electrons. The molecule has 38 heavy (non-hydrogen) atoms. The Hall–Kier alpha value is -4.49. The fourth-order valence-electron chi connectivity index (χ4n) is 3.82. The van der Waals surface area contributed by atoms with E-state index in [2.05, 4.69) is 34.1 Å². The van der Waals surface area contributed by atoms with Crippen LogP contribution < -0.4 is 14.8 Å². The highest BCUT2D eigenvalue weighted by Crippen LogP contribution is 2.35. The van der Waals surface area contributed by atoms with Crippen molar-refractivity contribution in [3.8, 4) is 17.2 Å². The molecule has 7 nitrogen and oxygen atoms in total. The quantitative estimate of drug-likeness (QED) is 0.198. The van der Waals surface area contributed by atoms with Crippen LogP contribution in [-0.4, -0.2) is 20.2 Å². The van der Waals surface area contributed by atoms with Crippen molar-refractivity contribution < 1.29 is 14.3 Å². The first-order chi connectivity index (χ1) is 18.5. The zero-order valence-electron chi connectivity index (χ0n) is 20.9. The minimum atomic E-state index is -0.574. The number of nitrogens with one attached hydrogen (secondary N) is 1. The number of hydrogen-bond acceptors (Lipinski definition) is 7. The van der Waals surface area contributed by atoms with Gasteiger partial charge in [-0.2, -0.15) is 0 Å². The number of ether oxygens (including phenoxy) is 2. The molecule has 5 aromatic rings. The van der Waals surface area contributed by atoms with Gasteiger partial charge in [0, 0.05) is 11.3 Å². The topological polar surface area (TPSA) is 86.2 Å². The number of halogens is 1. The number of carbonyl (C=O) groups is 1. The predicted molar refractivity (Wildman–Crippen MR) is 149 cm³/mol. The van der Waals surface area contributed by atoms with Crippen molar-refractivity contribution in [2.24, 2.45) is 0 Å². The molecule has 0 radical (unpaired) electrons. The van der Waals surface area contributed by atoms with Gasteiger partial charge < -0.3 is 14.8 Å². The van der Waals surface area contributed by atoms with Gasteiger partial charge in [-0.05, 0) is 77.7 Å². The minimum Gasteiger partial charge on any atom is -0.489 e. The molecule has 8 heteroatoms. The van der Waals surface area contributed by atoms with E-state index in [0.717, 1.165) is 22.4 Å². The number of aromatic nitrogens is 3. The third-order valence-electron chi connectivity index (χ3n) is 5.87. The molecule has 2 heterocycles. The van der Waals surface area contributed by atoms with Crippen molar-refractivity contribution >= 4 is 39.4 Å². The molecule has 0 aliphatic carbocycles. The zero-order chi connectivity index (χ0) is 26.5. The lowest BCUT2D eigenvalue weighted by molar-refractivity contribution is 0.108. The first-order valence-corrected chi connectivity index (χ1v) is 12.5. The van der Waals surface area contributed by atoms with E-state index in [9.17, 15) is 4.79 Å². The van der Waals surface area contributed by atoms with Crippen LogP contribution in [0.2, 0.25) is 0 Å². The predicted octanol–water partition coefficient (Wildman–Crippen LogP) is 7.64. The summed E-state index contributed by atoms with van der Waals surface area (Å²) in [7, 11) is 0. The van der Waals surface area contributed by atoms with Crippen LogP contribution in [-0.2, 0) is 6.61 Å². The van der Waals surface area contributed by atoms with Crippen molar-refractivity contribution in [3.05, 3.63) is 108 Å². The van der Waals surface area contributed by atoms with E-state index in [1.807, 2.05) is 66.7 Å². The van der Waals surface area contributed by atoms with Gasteiger partial charge in [0.25, 0.3) is 5.24 Å². The van der Waals surface area contributed by atoms with Gasteiger partial charge in [0.05, 0.1) is 11.1 Å². The molecule has 2 aromatic heterocycles. The maximum Gasteiger partial charge on any atom is 0.252 e. The molecule has 1 N–H and O–H groups in total. The fourth-order valence-corrected chi connectivity index (χ4v) is 3.93. The lowest BCUT2D eigenvalue weighted by Crippen LogP contribution is -2.02. The van der Waals surface area contributed by atoms with E-state index < -0.39 is 5.24 Å². The van der Waals surface area contributed by atoms with E-state index in [0.29, 0.717) is 40.8 Å². The average Bonchev–Trinajstić information content (AvgIpc) is 2.94.